The fourth-order valence-electron chi connectivity index (χ4n) is 2.46. The predicted octanol–water partition coefficient (Wildman–Crippen LogP) is 5.48. The van der Waals surface area contributed by atoms with Crippen molar-refractivity contribution in [2.24, 2.45) is 5.92 Å². The molecule has 1 aliphatic carbocycles. The maximum atomic E-state index is 12.4. The van der Waals surface area contributed by atoms with Crippen molar-refractivity contribution >= 4 is 57.3 Å². The van der Waals surface area contributed by atoms with Crippen molar-refractivity contribution < 1.29 is 4.79 Å². The zero-order chi connectivity index (χ0) is 17.1. The molecule has 0 unspecified atom stereocenters. The van der Waals surface area contributed by atoms with Crippen molar-refractivity contribution in [1.29, 1.82) is 0 Å². The van der Waals surface area contributed by atoms with Crippen LogP contribution in [0.5, 0.6) is 0 Å². The fraction of sp³-hybridized carbons (Fsp3) is 0.438. The molecule has 0 aliphatic heterocycles. The number of thioether (sulfide) groups is 1. The number of halogens is 2. The predicted molar refractivity (Wildman–Crippen MR) is 101 cm³/mol. The van der Waals surface area contributed by atoms with E-state index in [9.17, 15) is 4.79 Å². The van der Waals surface area contributed by atoms with Crippen LogP contribution in [0.15, 0.2) is 22.5 Å². The highest BCUT2D eigenvalue weighted by Crippen LogP contribution is 2.49. The van der Waals surface area contributed by atoms with Gasteiger partial charge in [0.1, 0.15) is 0 Å². The third-order valence-corrected chi connectivity index (χ3v) is 6.29. The summed E-state index contributed by atoms with van der Waals surface area (Å²) < 4.78 is 0.896. The average Bonchev–Trinajstić information content (AvgIpc) is 3.22. The number of nitrogens with zero attached hydrogens (tertiary/aromatic N) is 2. The van der Waals surface area contributed by atoms with Gasteiger partial charge < -0.3 is 5.32 Å². The van der Waals surface area contributed by atoms with Crippen LogP contribution in [0.3, 0.4) is 0 Å². The summed E-state index contributed by atoms with van der Waals surface area (Å²) >= 11 is 15.2. The van der Waals surface area contributed by atoms with Gasteiger partial charge in [0.25, 0.3) is 0 Å². The number of hydrogen-bond donors (Lipinski definition) is 1. The second-order valence-electron chi connectivity index (χ2n) is 5.72. The Bertz CT molecular complexity index is 718. The Labute approximate surface area is 159 Å². The molecule has 2 atom stereocenters. The first-order valence-electron chi connectivity index (χ1n) is 7.80. The molecule has 1 amide bonds. The topological polar surface area (TPSA) is 54.9 Å². The van der Waals surface area contributed by atoms with Crippen LogP contribution < -0.4 is 5.32 Å². The van der Waals surface area contributed by atoms with E-state index in [0.29, 0.717) is 15.2 Å². The molecule has 8 heteroatoms. The maximum absolute atomic E-state index is 12.4. The first kappa shape index (κ1) is 18.0. The van der Waals surface area contributed by atoms with Gasteiger partial charge in [-0.3, -0.25) is 4.79 Å². The van der Waals surface area contributed by atoms with E-state index in [0.717, 1.165) is 34.9 Å². The minimum Gasteiger partial charge on any atom is -0.300 e. The number of carbonyl (C=O) groups is 1. The van der Waals surface area contributed by atoms with Gasteiger partial charge in [-0.2, -0.15) is 0 Å². The van der Waals surface area contributed by atoms with E-state index in [-0.39, 0.29) is 17.7 Å². The highest BCUT2D eigenvalue weighted by molar-refractivity contribution is 8.01. The molecular formula is C16H17Cl2N3OS2. The molecular weight excluding hydrogens is 385 g/mol. The molecule has 2 aromatic rings. The van der Waals surface area contributed by atoms with Crippen molar-refractivity contribution in [2.75, 3.05) is 11.1 Å². The molecule has 24 heavy (non-hydrogen) atoms. The van der Waals surface area contributed by atoms with Crippen LogP contribution in [0.25, 0.3) is 0 Å². The third-order valence-electron chi connectivity index (χ3n) is 3.80. The highest BCUT2D eigenvalue weighted by atomic mass is 35.5. The quantitative estimate of drug-likeness (QED) is 0.379. The Balaban J connectivity index is 1.55. The first-order valence-corrected chi connectivity index (χ1v) is 10.4. The van der Waals surface area contributed by atoms with E-state index in [2.05, 4.69) is 22.4 Å². The van der Waals surface area contributed by atoms with Gasteiger partial charge in [-0.15, -0.1) is 10.2 Å². The number of nitrogens with one attached hydrogen (secondary N) is 1. The zero-order valence-electron chi connectivity index (χ0n) is 13.1. The Kier molecular flexibility index (Phi) is 6.02. The van der Waals surface area contributed by atoms with Gasteiger partial charge in [0.05, 0.1) is 0 Å². The van der Waals surface area contributed by atoms with Crippen molar-refractivity contribution in [3.63, 3.8) is 0 Å². The molecule has 0 saturated heterocycles. The lowest BCUT2D eigenvalue weighted by molar-refractivity contribution is -0.117. The molecule has 0 radical (unpaired) electrons. The molecule has 3 rings (SSSR count). The van der Waals surface area contributed by atoms with E-state index < -0.39 is 0 Å². The summed E-state index contributed by atoms with van der Waals surface area (Å²) in [5, 5.41) is 12.8. The van der Waals surface area contributed by atoms with Gasteiger partial charge in [-0.05, 0) is 42.5 Å². The van der Waals surface area contributed by atoms with E-state index >= 15 is 0 Å². The van der Waals surface area contributed by atoms with Crippen LogP contribution in [0, 0.1) is 5.92 Å². The van der Waals surface area contributed by atoms with Crippen molar-refractivity contribution in [1.82, 2.24) is 10.2 Å². The number of hydrogen-bond acceptors (Lipinski definition) is 5. The summed E-state index contributed by atoms with van der Waals surface area (Å²) in [6.07, 6.45) is 3.11. The molecule has 128 valence electrons. The van der Waals surface area contributed by atoms with Crippen LogP contribution >= 0.6 is 46.3 Å². The second kappa shape index (κ2) is 8.04. The monoisotopic (exact) mass is 401 g/mol. The lowest BCUT2D eigenvalue weighted by atomic mass is 10.1. The third kappa shape index (κ3) is 4.63. The molecule has 1 heterocycles. The van der Waals surface area contributed by atoms with Crippen LogP contribution in [0.4, 0.5) is 5.13 Å². The van der Waals surface area contributed by atoms with Gasteiger partial charge in [0.2, 0.25) is 11.0 Å². The molecule has 0 spiro atoms. The fourth-order valence-corrected chi connectivity index (χ4v) is 4.91. The zero-order valence-corrected chi connectivity index (χ0v) is 16.2. The largest absolute Gasteiger partial charge is 0.300 e. The Morgan fingerprint density at radius 2 is 2.08 bits per heavy atom. The number of benzene rings is 1. The van der Waals surface area contributed by atoms with Gasteiger partial charge in [-0.25, -0.2) is 0 Å². The Morgan fingerprint density at radius 3 is 2.79 bits per heavy atom. The lowest BCUT2D eigenvalue weighted by Crippen LogP contribution is -2.14. The molecule has 0 bridgehead atoms. The minimum atomic E-state index is -0.0559. The lowest BCUT2D eigenvalue weighted by Gasteiger charge is -2.03. The van der Waals surface area contributed by atoms with E-state index in [1.807, 2.05) is 12.1 Å². The first-order chi connectivity index (χ1) is 11.6. The molecule has 1 aromatic heterocycles. The SMILES string of the molecule is CCCCSc1nnc(NC(=O)[C@H]2C[C@@H]2c2cc(Cl)cc(Cl)c2)s1. The van der Waals surface area contributed by atoms with Crippen molar-refractivity contribution in [3.05, 3.63) is 33.8 Å². The van der Waals surface area contributed by atoms with E-state index in [1.54, 1.807) is 17.8 Å². The van der Waals surface area contributed by atoms with E-state index in [1.165, 1.54) is 11.3 Å². The molecule has 1 saturated carbocycles. The maximum Gasteiger partial charge on any atom is 0.229 e. The van der Waals surface area contributed by atoms with Gasteiger partial charge in [-0.1, -0.05) is 59.6 Å². The smallest absolute Gasteiger partial charge is 0.229 e. The molecule has 4 nitrogen and oxygen atoms in total. The van der Waals surface area contributed by atoms with Crippen molar-refractivity contribution in [2.45, 2.75) is 36.4 Å². The number of unbranched alkanes of at least 4 members (excludes halogenated alkanes) is 1. The second-order valence-corrected chi connectivity index (χ2v) is 8.91. The summed E-state index contributed by atoms with van der Waals surface area (Å²) in [5.74, 6) is 1.13. The minimum absolute atomic E-state index is 0.0163. The van der Waals surface area contributed by atoms with E-state index in [4.69, 9.17) is 23.2 Å². The summed E-state index contributed by atoms with van der Waals surface area (Å²) in [7, 11) is 0. The summed E-state index contributed by atoms with van der Waals surface area (Å²) in [6.45, 7) is 2.16. The number of anilines is 1. The molecule has 1 aliphatic rings. The van der Waals surface area contributed by atoms with Gasteiger partial charge >= 0.3 is 0 Å². The number of aromatic nitrogens is 2. The van der Waals surface area contributed by atoms with Gasteiger partial charge in [0, 0.05) is 21.7 Å². The molecule has 1 N–H and O–H groups in total. The van der Waals surface area contributed by atoms with Gasteiger partial charge in [0.15, 0.2) is 4.34 Å². The van der Waals surface area contributed by atoms with Crippen LogP contribution in [0.2, 0.25) is 10.0 Å². The normalized spacial score (nSPS) is 19.3. The summed E-state index contributed by atoms with van der Waals surface area (Å²) in [6, 6.07) is 5.45. The molecule has 1 fully saturated rings. The van der Waals surface area contributed by atoms with Crippen LogP contribution in [-0.2, 0) is 4.79 Å². The summed E-state index contributed by atoms with van der Waals surface area (Å²) in [5.41, 5.74) is 1.01. The molecule has 1 aromatic carbocycles. The number of amides is 1. The number of carbonyl (C=O) groups excluding carboxylic acids is 1. The average molecular weight is 402 g/mol. The summed E-state index contributed by atoms with van der Waals surface area (Å²) in [4.78, 5) is 12.4. The Morgan fingerprint density at radius 1 is 1.33 bits per heavy atom. The number of rotatable bonds is 7. The standard InChI is InChI=1S/C16H17Cl2N3OS2/c1-2-3-4-23-16-21-20-15(24-16)19-14(22)13-8-12(13)9-5-10(17)7-11(18)6-9/h5-7,12-13H,2-4,8H2,1H3,(H,19,20,22)/t12-,13+/m1/s1. The Hall–Kier alpha value is -0.820. The highest BCUT2D eigenvalue weighted by Gasteiger charge is 2.44. The van der Waals surface area contributed by atoms with Crippen LogP contribution in [-0.4, -0.2) is 21.9 Å². The van der Waals surface area contributed by atoms with Crippen LogP contribution in [0.1, 0.15) is 37.7 Å². The van der Waals surface area contributed by atoms with Crippen molar-refractivity contribution in [3.8, 4) is 0 Å².